The normalized spacial score (nSPS) is 12.1. The molecule has 0 aliphatic heterocycles. The number of aromatic amines is 1. The van der Waals surface area contributed by atoms with E-state index in [-0.39, 0.29) is 43.5 Å². The Morgan fingerprint density at radius 2 is 1.23 bits per heavy atom. The van der Waals surface area contributed by atoms with Gasteiger partial charge in [-0.05, 0) is 102 Å². The van der Waals surface area contributed by atoms with Crippen LogP contribution in [0.3, 0.4) is 0 Å². The maximum absolute atomic E-state index is 13.3. The maximum atomic E-state index is 13.3. The van der Waals surface area contributed by atoms with Crippen LogP contribution in [0.2, 0.25) is 0 Å². The van der Waals surface area contributed by atoms with Gasteiger partial charge in [0.2, 0.25) is 35.4 Å². The molecule has 1 aromatic carbocycles. The average molecular weight is 788 g/mol. The number of nitrogens with one attached hydrogen (secondary N) is 8. The van der Waals surface area contributed by atoms with E-state index in [1.54, 1.807) is 18.3 Å². The summed E-state index contributed by atoms with van der Waals surface area (Å²) >= 11 is 0. The predicted molar refractivity (Wildman–Crippen MR) is 215 cm³/mol. The van der Waals surface area contributed by atoms with Crippen LogP contribution in [0.25, 0.3) is 10.9 Å². The molecule has 15 N–H and O–H groups in total. The molecule has 18 heteroatoms. The van der Waals surface area contributed by atoms with Gasteiger partial charge in [0.25, 0.3) is 0 Å². The molecule has 0 unspecified atom stereocenters. The first-order chi connectivity index (χ1) is 27.0. The van der Waals surface area contributed by atoms with E-state index in [4.69, 9.17) is 17.2 Å². The highest BCUT2D eigenvalue weighted by Gasteiger charge is 2.28. The molecule has 0 radical (unpaired) electrons. The van der Waals surface area contributed by atoms with Gasteiger partial charge in [0.1, 0.15) is 17.8 Å². The van der Waals surface area contributed by atoms with Crippen molar-refractivity contribution in [3.63, 3.8) is 0 Å². The Hall–Kier alpha value is -4.78. The number of aromatic nitrogens is 1. The Morgan fingerprint density at radius 3 is 1.86 bits per heavy atom. The molecule has 0 saturated carbocycles. The highest BCUT2D eigenvalue weighted by Crippen LogP contribution is 2.27. The van der Waals surface area contributed by atoms with E-state index >= 15 is 0 Å². The first-order valence-corrected chi connectivity index (χ1v) is 19.8. The number of primary amides is 1. The third kappa shape index (κ3) is 20.2. The summed E-state index contributed by atoms with van der Waals surface area (Å²) in [5, 5.41) is 31.0. The second-order valence-corrected chi connectivity index (χ2v) is 13.7. The number of unbranched alkanes of at least 4 members (excludes halogenated alkanes) is 4. The molecule has 0 bridgehead atoms. The molecular formula is C38H65N11O7. The van der Waals surface area contributed by atoms with E-state index in [0.717, 1.165) is 45.2 Å². The fourth-order valence-electron chi connectivity index (χ4n) is 5.88. The third-order valence-electron chi connectivity index (χ3n) is 8.95. The van der Waals surface area contributed by atoms with Crippen LogP contribution < -0.4 is 54.4 Å². The number of amides is 6. The van der Waals surface area contributed by atoms with Crippen molar-refractivity contribution < 1.29 is 33.9 Å². The second-order valence-electron chi connectivity index (χ2n) is 13.7. The van der Waals surface area contributed by atoms with Crippen LogP contribution in [0, 0.1) is 0 Å². The van der Waals surface area contributed by atoms with E-state index in [1.807, 2.05) is 0 Å². The zero-order valence-electron chi connectivity index (χ0n) is 32.6. The number of H-pyrrole nitrogens is 1. The molecule has 0 spiro atoms. The minimum atomic E-state index is -1.24. The molecule has 0 fully saturated rings. The number of aromatic hydroxyl groups is 1. The van der Waals surface area contributed by atoms with Crippen molar-refractivity contribution in [1.82, 2.24) is 42.2 Å². The minimum Gasteiger partial charge on any atom is -0.507 e. The topological polar surface area (TPSA) is 301 Å². The molecule has 6 amide bonds. The number of phenols is 1. The summed E-state index contributed by atoms with van der Waals surface area (Å²) in [6.07, 6.45) is 8.24. The summed E-state index contributed by atoms with van der Waals surface area (Å²) in [5.41, 5.74) is 17.7. The number of carbonyl (C=O) groups is 6. The number of carbonyl (C=O) groups excluding carboxylic acids is 6. The van der Waals surface area contributed by atoms with E-state index in [2.05, 4.69) is 42.2 Å². The maximum Gasteiger partial charge on any atom is 0.243 e. The quantitative estimate of drug-likeness (QED) is 0.0399. The first-order valence-electron chi connectivity index (χ1n) is 19.8. The van der Waals surface area contributed by atoms with Crippen molar-refractivity contribution in [1.29, 1.82) is 0 Å². The van der Waals surface area contributed by atoms with Crippen molar-refractivity contribution in [3.05, 3.63) is 30.0 Å². The zero-order chi connectivity index (χ0) is 41.0. The summed E-state index contributed by atoms with van der Waals surface area (Å²) < 4.78 is 0. The molecule has 0 aliphatic rings. The van der Waals surface area contributed by atoms with Crippen LogP contribution in [0.15, 0.2) is 24.4 Å². The Bertz CT molecular complexity index is 1500. The van der Waals surface area contributed by atoms with Crippen LogP contribution in [0.5, 0.6) is 5.75 Å². The first kappa shape index (κ1) is 47.4. The predicted octanol–water partition coefficient (Wildman–Crippen LogP) is -1.00. The Morgan fingerprint density at radius 1 is 0.643 bits per heavy atom. The van der Waals surface area contributed by atoms with E-state index < -0.39 is 42.1 Å². The summed E-state index contributed by atoms with van der Waals surface area (Å²) in [4.78, 5) is 78.0. The van der Waals surface area contributed by atoms with Crippen LogP contribution in [0.1, 0.15) is 82.6 Å². The van der Waals surface area contributed by atoms with Gasteiger partial charge in [0.15, 0.2) is 0 Å². The summed E-state index contributed by atoms with van der Waals surface area (Å²) in [7, 11) is 0. The lowest BCUT2D eigenvalue weighted by molar-refractivity contribution is -0.133. The number of hydrogen-bond acceptors (Lipinski definition) is 11. The van der Waals surface area contributed by atoms with Crippen LogP contribution in [-0.4, -0.2) is 117 Å². The molecule has 314 valence electrons. The molecule has 56 heavy (non-hydrogen) atoms. The molecule has 2 aromatic rings. The van der Waals surface area contributed by atoms with Gasteiger partial charge in [-0.2, -0.15) is 0 Å². The van der Waals surface area contributed by atoms with Gasteiger partial charge in [-0.25, -0.2) is 0 Å². The fourth-order valence-corrected chi connectivity index (χ4v) is 5.88. The van der Waals surface area contributed by atoms with Crippen LogP contribution in [0.4, 0.5) is 0 Å². The van der Waals surface area contributed by atoms with Crippen LogP contribution in [-0.2, 0) is 35.2 Å². The van der Waals surface area contributed by atoms with E-state index in [9.17, 15) is 33.9 Å². The third-order valence-corrected chi connectivity index (χ3v) is 8.95. The zero-order valence-corrected chi connectivity index (χ0v) is 32.6. The fraction of sp³-hybridized carbons (Fsp3) is 0.632. The Kier molecular flexibility index (Phi) is 24.2. The van der Waals surface area contributed by atoms with Gasteiger partial charge in [-0.15, -0.1) is 0 Å². The van der Waals surface area contributed by atoms with Gasteiger partial charge in [-0.3, -0.25) is 28.8 Å². The Labute approximate surface area is 329 Å². The molecular weight excluding hydrogens is 722 g/mol. The second kappa shape index (κ2) is 28.6. The smallest absolute Gasteiger partial charge is 0.243 e. The lowest BCUT2D eigenvalue weighted by Crippen LogP contribution is -2.55. The molecule has 18 nitrogen and oxygen atoms in total. The van der Waals surface area contributed by atoms with E-state index in [0.29, 0.717) is 81.3 Å². The van der Waals surface area contributed by atoms with E-state index in [1.165, 1.54) is 6.07 Å². The summed E-state index contributed by atoms with van der Waals surface area (Å²) in [6, 6.07) is 2.69. The number of hydrogen-bond donors (Lipinski definition) is 12. The van der Waals surface area contributed by atoms with Gasteiger partial charge < -0.3 is 64.5 Å². The standard InChI is InChI=1S/C38H65N11O7/c39-15-2-5-17-42-22-13-34(53)45-20-7-6-18-43-23-14-33(52)44-19-3-1-4-21-46-37(55)30(25-32(41)51)49-38(56)29(11-9-16-40)48-35(54)24-27-26-47-28-10-8-12-31(50)36(27)28/h8,10,12,26,29-30,42-43,47,50H,1-7,9,11,13-25,39-40H2,(H2,41,51)(H,44,52)(H,45,53)(H,46,55)(H,48,54)(H,49,56)/t29-,30-/m0/s1. The van der Waals surface area contributed by atoms with Gasteiger partial charge >= 0.3 is 0 Å². The van der Waals surface area contributed by atoms with Gasteiger partial charge in [-0.1, -0.05) is 6.07 Å². The molecule has 1 heterocycles. The Balaban J connectivity index is 1.60. The minimum absolute atomic E-state index is 0.0215. The molecule has 0 aliphatic carbocycles. The number of nitrogens with two attached hydrogens (primary N) is 3. The largest absolute Gasteiger partial charge is 0.507 e. The van der Waals surface area contributed by atoms with Crippen molar-refractivity contribution in [2.45, 2.75) is 95.6 Å². The molecule has 1 aromatic heterocycles. The van der Waals surface area contributed by atoms with Crippen LogP contribution >= 0.6 is 0 Å². The SMILES string of the molecule is NCCCCNCCC(=O)NCCCCNCCC(=O)NCCCCCNC(=O)[C@H](CC(N)=O)NC(=O)[C@H](CCCN)NC(=O)Cc1c[nH]c2cccc(O)c12. The lowest BCUT2D eigenvalue weighted by atomic mass is 10.1. The summed E-state index contributed by atoms with van der Waals surface area (Å²) in [5.74, 6) is -2.50. The van der Waals surface area contributed by atoms with Crippen molar-refractivity contribution in [3.8, 4) is 5.75 Å². The van der Waals surface area contributed by atoms with Crippen molar-refractivity contribution in [2.75, 3.05) is 58.9 Å². The number of fused-ring (bicyclic) bond motifs is 1. The summed E-state index contributed by atoms with van der Waals surface area (Å²) in [6.45, 7) is 5.19. The van der Waals surface area contributed by atoms with Crippen molar-refractivity contribution >= 4 is 46.3 Å². The number of phenolic OH excluding ortho intramolecular Hbond substituents is 1. The highest BCUT2D eigenvalue weighted by molar-refractivity contribution is 5.96. The van der Waals surface area contributed by atoms with Crippen molar-refractivity contribution in [2.24, 2.45) is 17.2 Å². The van der Waals surface area contributed by atoms with Gasteiger partial charge in [0.05, 0.1) is 12.8 Å². The average Bonchev–Trinajstić information content (AvgIpc) is 3.58. The number of benzene rings is 1. The molecule has 2 atom stereocenters. The lowest BCUT2D eigenvalue weighted by Gasteiger charge is -2.22. The monoisotopic (exact) mass is 788 g/mol. The molecule has 0 saturated heterocycles. The molecule has 2 rings (SSSR count). The highest BCUT2D eigenvalue weighted by atomic mass is 16.3. The number of rotatable bonds is 32. The van der Waals surface area contributed by atoms with Gasteiger partial charge in [0, 0.05) is 62.7 Å².